The van der Waals surface area contributed by atoms with Crippen molar-refractivity contribution in [1.29, 1.82) is 0 Å². The van der Waals surface area contributed by atoms with Crippen LogP contribution in [0.1, 0.15) is 43.6 Å². The first-order valence-corrected chi connectivity index (χ1v) is 8.96. The summed E-state index contributed by atoms with van der Waals surface area (Å²) in [5, 5.41) is 2.99. The molecule has 0 saturated heterocycles. The number of nitrogens with one attached hydrogen (secondary N) is 1. The van der Waals surface area contributed by atoms with Crippen LogP contribution in [0.5, 0.6) is 0 Å². The second-order valence-corrected chi connectivity index (χ2v) is 7.83. The summed E-state index contributed by atoms with van der Waals surface area (Å²) in [7, 11) is 0. The van der Waals surface area contributed by atoms with Crippen molar-refractivity contribution in [2.24, 2.45) is 17.3 Å². The maximum Gasteiger partial charge on any atom is 0.228 e. The number of ketones is 1. The molecule has 26 heavy (non-hydrogen) atoms. The molecule has 0 bridgehead atoms. The van der Waals surface area contributed by atoms with E-state index in [0.29, 0.717) is 11.1 Å². The standard InChI is InChI=1S/C23H25NO2/c1-15(2)14-19-20(23(19,3)4)22(26)24-18-12-10-17(11-13-18)21(25)16-8-6-5-7-9-16/h5-14,19-20H,1-4H3,(H,24,26)/t19-,20-/m0/s1. The Labute approximate surface area is 155 Å². The van der Waals surface area contributed by atoms with Crippen LogP contribution >= 0.6 is 0 Å². The van der Waals surface area contributed by atoms with E-state index in [0.717, 1.165) is 5.69 Å². The zero-order valence-corrected chi connectivity index (χ0v) is 15.7. The summed E-state index contributed by atoms with van der Waals surface area (Å²) in [6.45, 7) is 8.38. The highest BCUT2D eigenvalue weighted by molar-refractivity contribution is 6.09. The monoisotopic (exact) mass is 347 g/mol. The van der Waals surface area contributed by atoms with Crippen LogP contribution in [0, 0.1) is 17.3 Å². The van der Waals surface area contributed by atoms with Gasteiger partial charge < -0.3 is 5.32 Å². The Morgan fingerprint density at radius 3 is 2.08 bits per heavy atom. The predicted molar refractivity (Wildman–Crippen MR) is 105 cm³/mol. The topological polar surface area (TPSA) is 46.2 Å². The van der Waals surface area contributed by atoms with Gasteiger partial charge in [-0.25, -0.2) is 0 Å². The minimum atomic E-state index is -0.0181. The van der Waals surface area contributed by atoms with E-state index in [9.17, 15) is 9.59 Å². The van der Waals surface area contributed by atoms with Crippen LogP contribution in [0.15, 0.2) is 66.2 Å². The highest BCUT2D eigenvalue weighted by atomic mass is 16.2. The second kappa shape index (κ2) is 6.91. The molecule has 3 nitrogen and oxygen atoms in total. The highest BCUT2D eigenvalue weighted by Gasteiger charge is 2.60. The zero-order chi connectivity index (χ0) is 18.9. The molecular formula is C23H25NO2. The van der Waals surface area contributed by atoms with Gasteiger partial charge in [-0.15, -0.1) is 0 Å². The molecule has 0 radical (unpaired) electrons. The van der Waals surface area contributed by atoms with Gasteiger partial charge in [-0.05, 0) is 49.4 Å². The maximum atomic E-state index is 12.6. The van der Waals surface area contributed by atoms with Gasteiger partial charge in [0, 0.05) is 16.8 Å². The molecule has 0 unspecified atom stereocenters. The number of carbonyl (C=O) groups excluding carboxylic acids is 2. The molecule has 1 aliphatic rings. The van der Waals surface area contributed by atoms with E-state index in [1.165, 1.54) is 5.57 Å². The van der Waals surface area contributed by atoms with Gasteiger partial charge in [-0.1, -0.05) is 55.8 Å². The maximum absolute atomic E-state index is 12.6. The fraction of sp³-hybridized carbons (Fsp3) is 0.304. The van der Waals surface area contributed by atoms with Crippen molar-refractivity contribution >= 4 is 17.4 Å². The summed E-state index contributed by atoms with van der Waals surface area (Å²) in [6, 6.07) is 16.3. The first-order valence-electron chi connectivity index (χ1n) is 8.96. The van der Waals surface area contributed by atoms with E-state index in [1.807, 2.05) is 18.2 Å². The van der Waals surface area contributed by atoms with Crippen molar-refractivity contribution < 1.29 is 9.59 Å². The normalized spacial score (nSPS) is 20.2. The van der Waals surface area contributed by atoms with Gasteiger partial charge in [0.1, 0.15) is 0 Å². The molecule has 1 fully saturated rings. The van der Waals surface area contributed by atoms with Crippen molar-refractivity contribution in [2.75, 3.05) is 5.32 Å². The van der Waals surface area contributed by atoms with Gasteiger partial charge in [0.05, 0.1) is 5.92 Å². The summed E-state index contributed by atoms with van der Waals surface area (Å²) in [6.07, 6.45) is 2.19. The minimum Gasteiger partial charge on any atom is -0.326 e. The number of hydrogen-bond acceptors (Lipinski definition) is 2. The van der Waals surface area contributed by atoms with Gasteiger partial charge in [0.2, 0.25) is 5.91 Å². The SMILES string of the molecule is CC(C)=C[C@H]1[C@@H](C(=O)Nc2ccc(C(=O)c3ccccc3)cc2)C1(C)C. The Kier molecular flexibility index (Phi) is 4.82. The lowest BCUT2D eigenvalue weighted by molar-refractivity contribution is -0.118. The number of allylic oxidation sites excluding steroid dienone is 2. The smallest absolute Gasteiger partial charge is 0.228 e. The van der Waals surface area contributed by atoms with E-state index in [-0.39, 0.29) is 28.9 Å². The van der Waals surface area contributed by atoms with Crippen molar-refractivity contribution in [3.63, 3.8) is 0 Å². The van der Waals surface area contributed by atoms with Crippen LogP contribution < -0.4 is 5.32 Å². The Morgan fingerprint density at radius 2 is 1.50 bits per heavy atom. The van der Waals surface area contributed by atoms with Gasteiger partial charge >= 0.3 is 0 Å². The van der Waals surface area contributed by atoms with Crippen LogP contribution in [0.2, 0.25) is 0 Å². The van der Waals surface area contributed by atoms with Crippen molar-refractivity contribution in [1.82, 2.24) is 0 Å². The molecule has 1 amide bonds. The average Bonchev–Trinajstić information content (AvgIpc) is 3.15. The first kappa shape index (κ1) is 18.1. The molecule has 2 aromatic carbocycles. The summed E-state index contributed by atoms with van der Waals surface area (Å²) in [5.41, 5.74) is 3.22. The quantitative estimate of drug-likeness (QED) is 0.604. The number of hydrogen-bond donors (Lipinski definition) is 1. The molecule has 0 aromatic heterocycles. The third-order valence-electron chi connectivity index (χ3n) is 5.16. The number of amides is 1. The molecule has 134 valence electrons. The molecule has 2 aromatic rings. The second-order valence-electron chi connectivity index (χ2n) is 7.83. The first-order chi connectivity index (χ1) is 12.3. The van der Waals surface area contributed by atoms with Crippen LogP contribution in [-0.2, 0) is 4.79 Å². The third kappa shape index (κ3) is 3.62. The molecule has 3 rings (SSSR count). The molecule has 2 atom stereocenters. The Morgan fingerprint density at radius 1 is 0.923 bits per heavy atom. The van der Waals surface area contributed by atoms with Gasteiger partial charge in [0.25, 0.3) is 0 Å². The van der Waals surface area contributed by atoms with Crippen LogP contribution in [0.3, 0.4) is 0 Å². The lowest BCUT2D eigenvalue weighted by atomic mass is 10.0. The van der Waals surface area contributed by atoms with Crippen LogP contribution in [0.25, 0.3) is 0 Å². The number of rotatable bonds is 5. The summed E-state index contributed by atoms with van der Waals surface area (Å²) in [4.78, 5) is 25.1. The van der Waals surface area contributed by atoms with Crippen molar-refractivity contribution in [3.05, 3.63) is 77.4 Å². The minimum absolute atomic E-state index is 0.00936. The third-order valence-corrected chi connectivity index (χ3v) is 5.16. The largest absolute Gasteiger partial charge is 0.326 e. The van der Waals surface area contributed by atoms with Gasteiger partial charge in [-0.2, -0.15) is 0 Å². The predicted octanol–water partition coefficient (Wildman–Crippen LogP) is 5.09. The van der Waals surface area contributed by atoms with E-state index < -0.39 is 0 Å². The van der Waals surface area contributed by atoms with Gasteiger partial charge in [0.15, 0.2) is 5.78 Å². The van der Waals surface area contributed by atoms with Crippen LogP contribution in [-0.4, -0.2) is 11.7 Å². The fourth-order valence-corrected chi connectivity index (χ4v) is 3.53. The molecular weight excluding hydrogens is 322 g/mol. The molecule has 0 spiro atoms. The Balaban J connectivity index is 1.68. The molecule has 0 aliphatic heterocycles. The summed E-state index contributed by atoms with van der Waals surface area (Å²) >= 11 is 0. The molecule has 1 N–H and O–H groups in total. The number of carbonyl (C=O) groups is 2. The summed E-state index contributed by atoms with van der Waals surface area (Å²) < 4.78 is 0. The lowest BCUT2D eigenvalue weighted by Gasteiger charge is -2.07. The molecule has 1 saturated carbocycles. The van der Waals surface area contributed by atoms with Crippen molar-refractivity contribution in [3.8, 4) is 0 Å². The molecule has 1 aliphatic carbocycles. The van der Waals surface area contributed by atoms with E-state index in [2.05, 4.69) is 39.1 Å². The molecule has 3 heteroatoms. The Hall–Kier alpha value is -2.68. The zero-order valence-electron chi connectivity index (χ0n) is 15.7. The number of benzene rings is 2. The fourth-order valence-electron chi connectivity index (χ4n) is 3.53. The average molecular weight is 347 g/mol. The van der Waals surface area contributed by atoms with E-state index >= 15 is 0 Å². The van der Waals surface area contributed by atoms with Gasteiger partial charge in [-0.3, -0.25) is 9.59 Å². The van der Waals surface area contributed by atoms with Crippen molar-refractivity contribution in [2.45, 2.75) is 27.7 Å². The molecule has 0 heterocycles. The van der Waals surface area contributed by atoms with E-state index in [4.69, 9.17) is 0 Å². The van der Waals surface area contributed by atoms with Crippen LogP contribution in [0.4, 0.5) is 5.69 Å². The highest BCUT2D eigenvalue weighted by Crippen LogP contribution is 2.59. The van der Waals surface area contributed by atoms with E-state index in [1.54, 1.807) is 36.4 Å². The summed E-state index contributed by atoms with van der Waals surface area (Å²) in [5.74, 6) is 0.296. The Bertz CT molecular complexity index is 844. The number of anilines is 1. The lowest BCUT2D eigenvalue weighted by Crippen LogP contribution is -2.17.